The van der Waals surface area contributed by atoms with Crippen molar-refractivity contribution in [3.8, 4) is 0 Å². The zero-order valence-electron chi connectivity index (χ0n) is 13.3. The number of hydrogen-bond acceptors (Lipinski definition) is 2. The smallest absolute Gasteiger partial charge is 0.260 e. The van der Waals surface area contributed by atoms with Crippen LogP contribution in [-0.4, -0.2) is 25.7 Å². The van der Waals surface area contributed by atoms with E-state index >= 15 is 0 Å². The molecule has 0 bridgehead atoms. The van der Waals surface area contributed by atoms with Crippen LogP contribution in [0.15, 0.2) is 42.5 Å². The topological polar surface area (TPSA) is 29.5 Å². The Labute approximate surface area is 146 Å². The third-order valence-electron chi connectivity index (χ3n) is 3.60. The molecule has 2 rings (SSSR count). The third kappa shape index (κ3) is 4.05. The molecule has 23 heavy (non-hydrogen) atoms. The number of methoxy groups -OCH3 is 1. The molecule has 0 radical (unpaired) electrons. The van der Waals surface area contributed by atoms with Gasteiger partial charge in [0.05, 0.1) is 23.2 Å². The third-order valence-corrected chi connectivity index (χ3v) is 4.15. The predicted octanol–water partition coefficient (Wildman–Crippen LogP) is 4.98. The highest BCUT2D eigenvalue weighted by molar-refractivity contribution is 6.37. The molecule has 122 valence electrons. The maximum Gasteiger partial charge on any atom is 0.260 e. The highest BCUT2D eigenvalue weighted by Crippen LogP contribution is 2.28. The van der Waals surface area contributed by atoms with Crippen LogP contribution < -0.4 is 4.90 Å². The van der Waals surface area contributed by atoms with Gasteiger partial charge in [-0.1, -0.05) is 41.4 Å². The van der Waals surface area contributed by atoms with E-state index in [-0.39, 0.29) is 11.9 Å². The van der Waals surface area contributed by atoms with Gasteiger partial charge in [-0.3, -0.25) is 4.79 Å². The van der Waals surface area contributed by atoms with Crippen molar-refractivity contribution >= 4 is 34.8 Å². The van der Waals surface area contributed by atoms with Gasteiger partial charge < -0.3 is 9.64 Å². The first kappa shape index (κ1) is 17.8. The minimum Gasteiger partial charge on any atom is -0.383 e. The Kier molecular flexibility index (Phi) is 6.05. The first-order valence-electron chi connectivity index (χ1n) is 7.29. The maximum absolute atomic E-state index is 13.1. The normalized spacial score (nSPS) is 12.0. The second-order valence-corrected chi connectivity index (χ2v) is 6.23. The van der Waals surface area contributed by atoms with Gasteiger partial charge in [0.15, 0.2) is 0 Å². The van der Waals surface area contributed by atoms with Crippen LogP contribution in [0, 0.1) is 6.92 Å². The largest absolute Gasteiger partial charge is 0.383 e. The lowest BCUT2D eigenvalue weighted by Gasteiger charge is -2.30. The van der Waals surface area contributed by atoms with Crippen molar-refractivity contribution < 1.29 is 9.53 Å². The number of para-hydroxylation sites is 1. The van der Waals surface area contributed by atoms with Crippen molar-refractivity contribution in [3.63, 3.8) is 0 Å². The van der Waals surface area contributed by atoms with E-state index in [1.165, 1.54) is 0 Å². The number of carbonyl (C=O) groups is 1. The molecule has 0 saturated carbocycles. The molecule has 0 N–H and O–H groups in total. The molecule has 0 saturated heterocycles. The SMILES string of the molecule is COCC(C)N(C(=O)c1ccc(Cl)cc1Cl)c1ccccc1C. The van der Waals surface area contributed by atoms with Crippen molar-refractivity contribution in [1.29, 1.82) is 0 Å². The summed E-state index contributed by atoms with van der Waals surface area (Å²) in [4.78, 5) is 14.8. The number of hydrogen-bond donors (Lipinski definition) is 0. The van der Waals surface area contributed by atoms with Gasteiger partial charge in [-0.25, -0.2) is 0 Å². The second kappa shape index (κ2) is 7.82. The van der Waals surface area contributed by atoms with Crippen molar-refractivity contribution in [2.75, 3.05) is 18.6 Å². The number of rotatable bonds is 5. The van der Waals surface area contributed by atoms with Crippen LogP contribution in [-0.2, 0) is 4.74 Å². The highest BCUT2D eigenvalue weighted by Gasteiger charge is 2.26. The van der Waals surface area contributed by atoms with Gasteiger partial charge in [-0.2, -0.15) is 0 Å². The average molecular weight is 352 g/mol. The van der Waals surface area contributed by atoms with E-state index < -0.39 is 0 Å². The molecule has 0 heterocycles. The average Bonchev–Trinajstić information content (AvgIpc) is 2.49. The zero-order valence-corrected chi connectivity index (χ0v) is 14.9. The summed E-state index contributed by atoms with van der Waals surface area (Å²) in [6.07, 6.45) is 0. The first-order valence-corrected chi connectivity index (χ1v) is 8.04. The number of ether oxygens (including phenoxy) is 1. The molecule has 3 nitrogen and oxygen atoms in total. The summed E-state index contributed by atoms with van der Waals surface area (Å²) in [6, 6.07) is 12.5. The molecular weight excluding hydrogens is 333 g/mol. The minimum atomic E-state index is -0.175. The van der Waals surface area contributed by atoms with Crippen LogP contribution in [0.3, 0.4) is 0 Å². The molecule has 0 spiro atoms. The summed E-state index contributed by atoms with van der Waals surface area (Å²) < 4.78 is 5.23. The number of aryl methyl sites for hydroxylation is 1. The fourth-order valence-corrected chi connectivity index (χ4v) is 2.98. The van der Waals surface area contributed by atoms with Gasteiger partial charge >= 0.3 is 0 Å². The number of nitrogens with zero attached hydrogens (tertiary/aromatic N) is 1. The Balaban J connectivity index is 2.49. The van der Waals surface area contributed by atoms with Crippen molar-refractivity contribution in [2.45, 2.75) is 19.9 Å². The molecule has 0 aromatic heterocycles. The van der Waals surface area contributed by atoms with Gasteiger partial charge in [0.1, 0.15) is 0 Å². The minimum absolute atomic E-state index is 0.139. The summed E-state index contributed by atoms with van der Waals surface area (Å²) in [6.45, 7) is 4.33. The highest BCUT2D eigenvalue weighted by atomic mass is 35.5. The van der Waals surface area contributed by atoms with Crippen molar-refractivity contribution in [2.24, 2.45) is 0 Å². The van der Waals surface area contributed by atoms with Gasteiger partial charge in [-0.05, 0) is 43.7 Å². The van der Waals surface area contributed by atoms with Crippen LogP contribution in [0.5, 0.6) is 0 Å². The lowest BCUT2D eigenvalue weighted by Crippen LogP contribution is -2.41. The summed E-state index contributed by atoms with van der Waals surface area (Å²) in [5, 5.41) is 0.838. The van der Waals surface area contributed by atoms with Crippen LogP contribution in [0.4, 0.5) is 5.69 Å². The van der Waals surface area contributed by atoms with E-state index in [2.05, 4.69) is 0 Å². The molecule has 1 unspecified atom stereocenters. The molecule has 0 aliphatic carbocycles. The molecular formula is C18H19Cl2NO2. The number of amides is 1. The fraction of sp³-hybridized carbons (Fsp3) is 0.278. The zero-order chi connectivity index (χ0) is 17.0. The van der Waals surface area contributed by atoms with E-state index in [1.807, 2.05) is 38.1 Å². The molecule has 0 aliphatic rings. The van der Waals surface area contributed by atoms with Crippen molar-refractivity contribution in [1.82, 2.24) is 0 Å². The lowest BCUT2D eigenvalue weighted by molar-refractivity contribution is 0.0956. The van der Waals surface area contributed by atoms with E-state index in [4.69, 9.17) is 27.9 Å². The van der Waals surface area contributed by atoms with Crippen LogP contribution in [0.2, 0.25) is 10.0 Å². The van der Waals surface area contributed by atoms with Gasteiger partial charge in [-0.15, -0.1) is 0 Å². The molecule has 2 aromatic carbocycles. The molecule has 0 fully saturated rings. The van der Waals surface area contributed by atoms with Crippen molar-refractivity contribution in [3.05, 3.63) is 63.6 Å². The summed E-state index contributed by atoms with van der Waals surface area (Å²) in [5.74, 6) is -0.175. The van der Waals surface area contributed by atoms with E-state index in [1.54, 1.807) is 30.2 Å². The van der Waals surface area contributed by atoms with Gasteiger partial charge in [0, 0.05) is 17.8 Å². The van der Waals surface area contributed by atoms with E-state index in [9.17, 15) is 4.79 Å². The lowest BCUT2D eigenvalue weighted by atomic mass is 10.1. The number of carbonyl (C=O) groups excluding carboxylic acids is 1. The Morgan fingerprint density at radius 3 is 2.52 bits per heavy atom. The molecule has 1 atom stereocenters. The Morgan fingerprint density at radius 2 is 1.91 bits per heavy atom. The first-order chi connectivity index (χ1) is 11.0. The number of benzene rings is 2. The van der Waals surface area contributed by atoms with Crippen LogP contribution in [0.1, 0.15) is 22.8 Å². The Hall–Kier alpha value is -1.55. The maximum atomic E-state index is 13.1. The molecule has 5 heteroatoms. The Morgan fingerprint density at radius 1 is 1.22 bits per heavy atom. The summed E-state index contributed by atoms with van der Waals surface area (Å²) >= 11 is 12.1. The van der Waals surface area contributed by atoms with E-state index in [0.717, 1.165) is 11.3 Å². The monoisotopic (exact) mass is 351 g/mol. The predicted molar refractivity (Wildman–Crippen MR) is 95.8 cm³/mol. The van der Waals surface area contributed by atoms with Crippen LogP contribution >= 0.6 is 23.2 Å². The molecule has 0 aliphatic heterocycles. The fourth-order valence-electron chi connectivity index (χ4n) is 2.49. The molecule has 2 aromatic rings. The van der Waals surface area contributed by atoms with Crippen LogP contribution in [0.25, 0.3) is 0 Å². The standard InChI is InChI=1S/C18H19Cl2NO2/c1-12-6-4-5-7-17(12)21(13(2)11-23-3)18(22)15-9-8-14(19)10-16(15)20/h4-10,13H,11H2,1-3H3. The summed E-state index contributed by atoms with van der Waals surface area (Å²) in [7, 11) is 1.62. The quantitative estimate of drug-likeness (QED) is 0.759. The number of halogens is 2. The Bertz CT molecular complexity index is 703. The second-order valence-electron chi connectivity index (χ2n) is 5.39. The van der Waals surface area contributed by atoms with E-state index in [0.29, 0.717) is 22.2 Å². The molecule has 1 amide bonds. The summed E-state index contributed by atoms with van der Waals surface area (Å²) in [5.41, 5.74) is 2.27. The van der Waals surface area contributed by atoms with Gasteiger partial charge in [0.25, 0.3) is 5.91 Å². The van der Waals surface area contributed by atoms with Gasteiger partial charge in [0.2, 0.25) is 0 Å². The number of anilines is 1.